The molecule has 0 spiro atoms. The quantitative estimate of drug-likeness (QED) is 0.543. The molecule has 0 saturated heterocycles. The highest BCUT2D eigenvalue weighted by molar-refractivity contribution is 6.30. The molecule has 0 unspecified atom stereocenters. The molecule has 8 heteroatoms. The van der Waals surface area contributed by atoms with Crippen LogP contribution in [0.3, 0.4) is 0 Å². The second-order valence-corrected chi connectivity index (χ2v) is 7.91. The first-order chi connectivity index (χ1) is 14.9. The predicted octanol–water partition coefficient (Wildman–Crippen LogP) is 3.97. The molecular weight excluding hydrogens is 421 g/mol. The summed E-state index contributed by atoms with van der Waals surface area (Å²) in [7, 11) is 1.64. The van der Waals surface area contributed by atoms with Crippen LogP contribution in [0, 0.1) is 5.82 Å². The van der Waals surface area contributed by atoms with E-state index in [0.717, 1.165) is 29.7 Å². The zero-order chi connectivity index (χ0) is 22.0. The Kier molecular flexibility index (Phi) is 6.04. The third-order valence-electron chi connectivity index (χ3n) is 5.26. The summed E-state index contributed by atoms with van der Waals surface area (Å²) in [5.41, 5.74) is 3.51. The first-order valence-corrected chi connectivity index (χ1v) is 10.3. The van der Waals surface area contributed by atoms with Gasteiger partial charge in [-0.1, -0.05) is 23.7 Å². The first kappa shape index (κ1) is 21.1. The average Bonchev–Trinajstić information content (AvgIpc) is 3.35. The van der Waals surface area contributed by atoms with Gasteiger partial charge in [-0.3, -0.25) is 4.79 Å². The molecule has 3 aromatic rings. The molecule has 0 saturated carbocycles. The van der Waals surface area contributed by atoms with Crippen LogP contribution in [-0.4, -0.2) is 40.2 Å². The van der Waals surface area contributed by atoms with E-state index in [1.807, 2.05) is 12.1 Å². The van der Waals surface area contributed by atoms with Gasteiger partial charge < -0.3 is 9.64 Å². The molecule has 0 radical (unpaired) electrons. The van der Waals surface area contributed by atoms with E-state index in [-0.39, 0.29) is 24.0 Å². The molecule has 0 atom stereocenters. The van der Waals surface area contributed by atoms with E-state index in [4.69, 9.17) is 16.3 Å². The summed E-state index contributed by atoms with van der Waals surface area (Å²) in [5.74, 6) is -1.31. The Hall–Kier alpha value is -3.19. The van der Waals surface area contributed by atoms with E-state index < -0.39 is 5.97 Å². The minimum absolute atomic E-state index is 0.210. The highest BCUT2D eigenvalue weighted by Crippen LogP contribution is 2.28. The first-order valence-electron chi connectivity index (χ1n) is 9.94. The lowest BCUT2D eigenvalue weighted by Crippen LogP contribution is -2.31. The second kappa shape index (κ2) is 8.89. The summed E-state index contributed by atoms with van der Waals surface area (Å²) < 4.78 is 20.2. The molecule has 0 aliphatic heterocycles. The van der Waals surface area contributed by atoms with Crippen LogP contribution in [0.25, 0.3) is 5.69 Å². The fourth-order valence-electron chi connectivity index (χ4n) is 3.70. The molecule has 1 aliphatic rings. The van der Waals surface area contributed by atoms with E-state index in [0.29, 0.717) is 23.7 Å². The minimum atomic E-state index is -0.636. The average molecular weight is 442 g/mol. The molecule has 4 rings (SSSR count). The Bertz CT molecular complexity index is 1130. The van der Waals surface area contributed by atoms with Gasteiger partial charge in [0.15, 0.2) is 12.3 Å². The van der Waals surface area contributed by atoms with Crippen molar-refractivity contribution >= 4 is 23.5 Å². The maximum absolute atomic E-state index is 13.3. The zero-order valence-corrected chi connectivity index (χ0v) is 17.7. The van der Waals surface area contributed by atoms with Gasteiger partial charge in [-0.2, -0.15) is 5.10 Å². The Morgan fingerprint density at radius 2 is 1.97 bits per heavy atom. The fourth-order valence-corrected chi connectivity index (χ4v) is 3.91. The van der Waals surface area contributed by atoms with E-state index in [1.54, 1.807) is 36.0 Å². The van der Waals surface area contributed by atoms with Crippen LogP contribution in [-0.2, 0) is 28.9 Å². The van der Waals surface area contributed by atoms with Crippen molar-refractivity contribution in [2.45, 2.75) is 25.8 Å². The van der Waals surface area contributed by atoms with Gasteiger partial charge in [0.05, 0.1) is 5.69 Å². The summed E-state index contributed by atoms with van der Waals surface area (Å²) >= 11 is 5.98. The monoisotopic (exact) mass is 441 g/mol. The smallest absolute Gasteiger partial charge is 0.359 e. The minimum Gasteiger partial charge on any atom is -0.451 e. The van der Waals surface area contributed by atoms with Gasteiger partial charge in [-0.15, -0.1) is 0 Å². The Labute approximate surface area is 184 Å². The number of fused-ring (bicyclic) bond motifs is 1. The molecule has 6 nitrogen and oxygen atoms in total. The van der Waals surface area contributed by atoms with Gasteiger partial charge >= 0.3 is 5.97 Å². The maximum Gasteiger partial charge on any atom is 0.359 e. The Balaban J connectivity index is 1.43. The van der Waals surface area contributed by atoms with Crippen LogP contribution in [0.2, 0.25) is 5.02 Å². The molecule has 31 heavy (non-hydrogen) atoms. The van der Waals surface area contributed by atoms with Crippen molar-refractivity contribution in [3.05, 3.63) is 81.9 Å². The highest BCUT2D eigenvalue weighted by atomic mass is 35.5. The van der Waals surface area contributed by atoms with Crippen molar-refractivity contribution in [1.29, 1.82) is 0 Å². The predicted molar refractivity (Wildman–Crippen MR) is 114 cm³/mol. The third kappa shape index (κ3) is 4.61. The number of esters is 1. The number of hydrogen-bond donors (Lipinski definition) is 0. The van der Waals surface area contributed by atoms with E-state index in [9.17, 15) is 14.0 Å². The number of hydrogen-bond acceptors (Lipinski definition) is 4. The van der Waals surface area contributed by atoms with Gasteiger partial charge in [0, 0.05) is 29.9 Å². The highest BCUT2D eigenvalue weighted by Gasteiger charge is 2.28. The molecular formula is C23H21ClFN3O3. The van der Waals surface area contributed by atoms with Crippen molar-refractivity contribution < 1.29 is 18.7 Å². The van der Waals surface area contributed by atoms with Crippen LogP contribution >= 0.6 is 11.6 Å². The largest absolute Gasteiger partial charge is 0.451 e. The summed E-state index contributed by atoms with van der Waals surface area (Å²) in [6, 6.07) is 13.2. The van der Waals surface area contributed by atoms with Crippen molar-refractivity contribution in [1.82, 2.24) is 14.7 Å². The number of amides is 1. The fraction of sp³-hybridized carbons (Fsp3) is 0.261. The molecule has 0 bridgehead atoms. The summed E-state index contributed by atoms with van der Waals surface area (Å²) in [6.07, 6.45) is 2.38. The third-order valence-corrected chi connectivity index (χ3v) is 5.49. The molecule has 1 amide bonds. The number of likely N-dealkylation sites (N-methyl/N-ethyl adjacent to an activating group) is 1. The summed E-state index contributed by atoms with van der Waals surface area (Å²) in [4.78, 5) is 26.6. The van der Waals surface area contributed by atoms with E-state index >= 15 is 0 Å². The summed E-state index contributed by atoms with van der Waals surface area (Å²) in [5, 5.41) is 5.00. The zero-order valence-electron chi connectivity index (χ0n) is 17.0. The van der Waals surface area contributed by atoms with Crippen LogP contribution in [0.4, 0.5) is 4.39 Å². The molecule has 0 fully saturated rings. The van der Waals surface area contributed by atoms with E-state index in [1.165, 1.54) is 17.0 Å². The van der Waals surface area contributed by atoms with Crippen LogP contribution in [0.5, 0.6) is 0 Å². The number of halogens is 2. The van der Waals surface area contributed by atoms with Gasteiger partial charge in [0.1, 0.15) is 5.82 Å². The molecule has 1 aromatic heterocycles. The van der Waals surface area contributed by atoms with Gasteiger partial charge in [0.25, 0.3) is 5.91 Å². The van der Waals surface area contributed by atoms with Crippen LogP contribution < -0.4 is 0 Å². The van der Waals surface area contributed by atoms with Gasteiger partial charge in [-0.25, -0.2) is 13.9 Å². The van der Waals surface area contributed by atoms with Crippen molar-refractivity contribution in [2.75, 3.05) is 13.7 Å². The topological polar surface area (TPSA) is 64.4 Å². The second-order valence-electron chi connectivity index (χ2n) is 7.47. The number of nitrogens with zero attached hydrogens (tertiary/aromatic N) is 3. The molecule has 160 valence electrons. The van der Waals surface area contributed by atoms with Crippen molar-refractivity contribution in [2.24, 2.45) is 0 Å². The Morgan fingerprint density at radius 3 is 2.71 bits per heavy atom. The van der Waals surface area contributed by atoms with Crippen molar-refractivity contribution in [3.63, 3.8) is 0 Å². The maximum atomic E-state index is 13.3. The lowest BCUT2D eigenvalue weighted by atomic mass is 10.2. The molecule has 1 aliphatic carbocycles. The summed E-state index contributed by atoms with van der Waals surface area (Å²) in [6.45, 7) is -0.0282. The lowest BCUT2D eigenvalue weighted by molar-refractivity contribution is -0.133. The number of benzene rings is 2. The Morgan fingerprint density at radius 1 is 1.19 bits per heavy atom. The SMILES string of the molecule is CN(Cc1cccc(Cl)c1)C(=O)COC(=O)c1nn(-c2ccc(F)cc2)c2c1CCC2. The molecule has 2 aromatic carbocycles. The number of carbonyl (C=O) groups excluding carboxylic acids is 2. The lowest BCUT2D eigenvalue weighted by Gasteiger charge is -2.17. The van der Waals surface area contributed by atoms with Crippen LogP contribution in [0.15, 0.2) is 48.5 Å². The van der Waals surface area contributed by atoms with Crippen molar-refractivity contribution in [3.8, 4) is 5.69 Å². The standard InChI is InChI=1S/C23H21ClFN3O3/c1-27(13-15-4-2-5-16(24)12-15)21(29)14-31-23(30)22-19-6-3-7-20(19)28(26-22)18-10-8-17(25)9-11-18/h2,4-5,8-12H,3,6-7,13-14H2,1H3. The van der Waals surface area contributed by atoms with Crippen LogP contribution in [0.1, 0.15) is 33.7 Å². The molecule has 1 heterocycles. The normalized spacial score (nSPS) is 12.5. The molecule has 0 N–H and O–H groups in total. The van der Waals surface area contributed by atoms with Gasteiger partial charge in [-0.05, 0) is 61.2 Å². The number of carbonyl (C=O) groups is 2. The van der Waals surface area contributed by atoms with Gasteiger partial charge in [0.2, 0.25) is 0 Å². The van der Waals surface area contributed by atoms with E-state index in [2.05, 4.69) is 5.10 Å². The number of aromatic nitrogens is 2. The number of ether oxygens (including phenoxy) is 1. The number of rotatable bonds is 6.